The highest BCUT2D eigenvalue weighted by atomic mass is 16.5. The molecule has 0 aliphatic carbocycles. The van der Waals surface area contributed by atoms with Crippen molar-refractivity contribution in [1.29, 1.82) is 0 Å². The van der Waals surface area contributed by atoms with E-state index in [9.17, 15) is 9.59 Å². The first kappa shape index (κ1) is 16.9. The molecule has 2 rings (SSSR count). The number of hydrogen-bond donors (Lipinski definition) is 1. The van der Waals surface area contributed by atoms with Gasteiger partial charge < -0.3 is 14.6 Å². The molecule has 7 nitrogen and oxygen atoms in total. The molecule has 0 aliphatic rings. The minimum atomic E-state index is -0.444. The van der Waals surface area contributed by atoms with Gasteiger partial charge in [0, 0.05) is 11.7 Å². The fourth-order valence-electron chi connectivity index (χ4n) is 2.28. The van der Waals surface area contributed by atoms with Crippen molar-refractivity contribution in [3.63, 3.8) is 0 Å². The van der Waals surface area contributed by atoms with Crippen LogP contribution in [0.5, 0.6) is 0 Å². The summed E-state index contributed by atoms with van der Waals surface area (Å²) >= 11 is 0. The Morgan fingerprint density at radius 1 is 1.35 bits per heavy atom. The maximum Gasteiger partial charge on any atom is 0.310 e. The number of carbonyl (C=O) groups excluding carboxylic acids is 2. The van der Waals surface area contributed by atoms with Gasteiger partial charge in [-0.1, -0.05) is 5.16 Å². The van der Waals surface area contributed by atoms with Crippen molar-refractivity contribution >= 4 is 23.0 Å². The Morgan fingerprint density at radius 2 is 2.04 bits per heavy atom. The molecule has 1 N–H and O–H groups in total. The van der Waals surface area contributed by atoms with Crippen molar-refractivity contribution in [1.82, 2.24) is 15.5 Å². The number of pyridine rings is 1. The molecule has 2 unspecified atom stereocenters. The summed E-state index contributed by atoms with van der Waals surface area (Å²) in [5.74, 6) is -1.08. The van der Waals surface area contributed by atoms with Crippen molar-refractivity contribution in [2.24, 2.45) is 5.92 Å². The Balaban J connectivity index is 2.24. The zero-order valence-electron chi connectivity index (χ0n) is 14.0. The highest BCUT2D eigenvalue weighted by Gasteiger charge is 2.25. The molecule has 0 saturated carbocycles. The number of aromatic nitrogens is 2. The van der Waals surface area contributed by atoms with E-state index in [4.69, 9.17) is 9.26 Å². The number of nitrogens with one attached hydrogen (secondary N) is 1. The maximum absolute atomic E-state index is 12.6. The number of fused-ring (bicyclic) bond motifs is 1. The lowest BCUT2D eigenvalue weighted by molar-refractivity contribution is -0.148. The second-order valence-electron chi connectivity index (χ2n) is 5.56. The Morgan fingerprint density at radius 3 is 2.70 bits per heavy atom. The van der Waals surface area contributed by atoms with Crippen LogP contribution in [0.3, 0.4) is 0 Å². The van der Waals surface area contributed by atoms with Crippen LogP contribution in [0, 0.1) is 19.8 Å². The van der Waals surface area contributed by atoms with Gasteiger partial charge in [0.1, 0.15) is 0 Å². The third-order valence-electron chi connectivity index (χ3n) is 3.76. The first-order chi connectivity index (χ1) is 10.8. The van der Waals surface area contributed by atoms with Gasteiger partial charge in [-0.15, -0.1) is 0 Å². The quantitative estimate of drug-likeness (QED) is 0.849. The van der Waals surface area contributed by atoms with E-state index in [2.05, 4.69) is 15.5 Å². The summed E-state index contributed by atoms with van der Waals surface area (Å²) in [7, 11) is 0. The van der Waals surface area contributed by atoms with E-state index in [1.807, 2.05) is 0 Å². The number of rotatable bonds is 5. The number of ether oxygens (including phenoxy) is 1. The molecule has 1 amide bonds. The second-order valence-corrected chi connectivity index (χ2v) is 5.56. The largest absolute Gasteiger partial charge is 0.466 e. The van der Waals surface area contributed by atoms with E-state index in [1.54, 1.807) is 40.7 Å². The minimum Gasteiger partial charge on any atom is -0.466 e. The van der Waals surface area contributed by atoms with Gasteiger partial charge >= 0.3 is 5.97 Å². The molecule has 124 valence electrons. The standard InChI is InChI=1S/C16H21N3O4/c1-6-22-16(21)9(3)10(4)18-14(20)12-7-8(2)17-15-13(12)11(5)19-23-15/h7,9-10H,6H2,1-5H3,(H,18,20). The van der Waals surface area contributed by atoms with Crippen LogP contribution in [0.1, 0.15) is 42.5 Å². The van der Waals surface area contributed by atoms with Gasteiger partial charge in [-0.25, -0.2) is 4.98 Å². The average Bonchev–Trinajstić information content (AvgIpc) is 2.86. The number of hydrogen-bond acceptors (Lipinski definition) is 6. The Labute approximate surface area is 134 Å². The van der Waals surface area contributed by atoms with Crippen molar-refractivity contribution < 1.29 is 18.8 Å². The Kier molecular flexibility index (Phi) is 4.98. The summed E-state index contributed by atoms with van der Waals surface area (Å²) in [6, 6.07) is 1.31. The zero-order valence-corrected chi connectivity index (χ0v) is 14.0. The number of aryl methyl sites for hydroxylation is 2. The molecule has 0 saturated heterocycles. The molecule has 0 aromatic carbocycles. The van der Waals surface area contributed by atoms with Gasteiger partial charge in [0.2, 0.25) is 0 Å². The van der Waals surface area contributed by atoms with E-state index in [-0.39, 0.29) is 17.9 Å². The normalized spacial score (nSPS) is 13.6. The summed E-state index contributed by atoms with van der Waals surface area (Å²) in [4.78, 5) is 28.6. The first-order valence-electron chi connectivity index (χ1n) is 7.56. The first-order valence-corrected chi connectivity index (χ1v) is 7.56. The third kappa shape index (κ3) is 3.49. The molecule has 2 aromatic rings. The molecular formula is C16H21N3O4. The molecule has 0 bridgehead atoms. The monoisotopic (exact) mass is 319 g/mol. The van der Waals surface area contributed by atoms with Crippen LogP contribution in [-0.2, 0) is 9.53 Å². The number of esters is 1. The predicted molar refractivity (Wildman–Crippen MR) is 84.0 cm³/mol. The van der Waals surface area contributed by atoms with Crippen molar-refractivity contribution in [3.8, 4) is 0 Å². The molecule has 2 atom stereocenters. The van der Waals surface area contributed by atoms with Crippen LogP contribution in [0.4, 0.5) is 0 Å². The molecular weight excluding hydrogens is 298 g/mol. The van der Waals surface area contributed by atoms with E-state index in [1.165, 1.54) is 0 Å². The van der Waals surface area contributed by atoms with Gasteiger partial charge in [-0.3, -0.25) is 9.59 Å². The average molecular weight is 319 g/mol. The highest BCUT2D eigenvalue weighted by Crippen LogP contribution is 2.22. The summed E-state index contributed by atoms with van der Waals surface area (Å²) in [6.07, 6.45) is 0. The van der Waals surface area contributed by atoms with E-state index in [0.29, 0.717) is 34.7 Å². The fourth-order valence-corrected chi connectivity index (χ4v) is 2.28. The van der Waals surface area contributed by atoms with Gasteiger partial charge in [0.15, 0.2) is 0 Å². The molecule has 2 aromatic heterocycles. The van der Waals surface area contributed by atoms with E-state index >= 15 is 0 Å². The van der Waals surface area contributed by atoms with Gasteiger partial charge in [-0.2, -0.15) is 0 Å². The summed E-state index contributed by atoms with van der Waals surface area (Å²) in [5.41, 5.74) is 2.03. The molecule has 0 aliphatic heterocycles. The summed E-state index contributed by atoms with van der Waals surface area (Å²) in [6.45, 7) is 9.09. The molecule has 23 heavy (non-hydrogen) atoms. The highest BCUT2D eigenvalue weighted by molar-refractivity contribution is 6.06. The predicted octanol–water partition coefficient (Wildman–Crippen LogP) is 2.16. The van der Waals surface area contributed by atoms with Crippen LogP contribution in [0.25, 0.3) is 11.1 Å². The van der Waals surface area contributed by atoms with E-state index < -0.39 is 5.92 Å². The molecule has 0 fully saturated rings. The summed E-state index contributed by atoms with van der Waals surface area (Å²) in [5, 5.41) is 7.28. The van der Waals surface area contributed by atoms with Crippen LogP contribution in [0.2, 0.25) is 0 Å². The number of carbonyl (C=O) groups is 2. The van der Waals surface area contributed by atoms with Gasteiger partial charge in [-0.05, 0) is 40.7 Å². The molecule has 0 spiro atoms. The zero-order chi connectivity index (χ0) is 17.1. The number of nitrogens with zero attached hydrogens (tertiary/aromatic N) is 2. The topological polar surface area (TPSA) is 94.3 Å². The second kappa shape index (κ2) is 6.76. The van der Waals surface area contributed by atoms with Crippen LogP contribution >= 0.6 is 0 Å². The van der Waals surface area contributed by atoms with Crippen molar-refractivity contribution in [3.05, 3.63) is 23.0 Å². The summed E-state index contributed by atoms with van der Waals surface area (Å²) < 4.78 is 10.1. The Bertz CT molecular complexity index is 738. The lowest BCUT2D eigenvalue weighted by Gasteiger charge is -2.20. The van der Waals surface area contributed by atoms with Crippen LogP contribution in [-0.4, -0.2) is 34.7 Å². The lowest BCUT2D eigenvalue weighted by atomic mass is 10.0. The minimum absolute atomic E-state index is 0.296. The van der Waals surface area contributed by atoms with Gasteiger partial charge in [0.05, 0.1) is 29.2 Å². The van der Waals surface area contributed by atoms with Crippen LogP contribution in [0.15, 0.2) is 10.6 Å². The van der Waals surface area contributed by atoms with Crippen LogP contribution < -0.4 is 5.32 Å². The molecule has 2 heterocycles. The smallest absolute Gasteiger partial charge is 0.310 e. The van der Waals surface area contributed by atoms with Crippen molar-refractivity contribution in [2.45, 2.75) is 40.7 Å². The lowest BCUT2D eigenvalue weighted by Crippen LogP contribution is -2.40. The molecule has 0 radical (unpaired) electrons. The fraction of sp³-hybridized carbons (Fsp3) is 0.500. The Hall–Kier alpha value is -2.44. The number of amides is 1. The van der Waals surface area contributed by atoms with Crippen molar-refractivity contribution in [2.75, 3.05) is 6.61 Å². The maximum atomic E-state index is 12.6. The SMILES string of the molecule is CCOC(=O)C(C)C(C)NC(=O)c1cc(C)nc2onc(C)c12. The van der Waals surface area contributed by atoms with Gasteiger partial charge in [0.25, 0.3) is 11.6 Å². The third-order valence-corrected chi connectivity index (χ3v) is 3.76. The van der Waals surface area contributed by atoms with E-state index in [0.717, 1.165) is 0 Å². The molecule has 7 heteroatoms.